The Kier molecular flexibility index (Phi) is 5.65. The standard InChI is InChI=1S/C25H26FNO4/c1-16-13-17(2)24-20(14-16)22(29)15-25(31-24)9-11-27(12-10-25)23(30)8-7-21(28)18-3-5-19(26)6-4-18/h3-6,13-14H,7-12,15H2,1-2H3. The van der Waals surface area contributed by atoms with Gasteiger partial charge < -0.3 is 9.64 Å². The second kappa shape index (κ2) is 8.25. The fraction of sp³-hybridized carbons (Fsp3) is 0.400. The van der Waals surface area contributed by atoms with Crippen molar-refractivity contribution in [3.63, 3.8) is 0 Å². The molecule has 0 aromatic heterocycles. The quantitative estimate of drug-likeness (QED) is 0.683. The summed E-state index contributed by atoms with van der Waals surface area (Å²) in [4.78, 5) is 39.4. The van der Waals surface area contributed by atoms with Gasteiger partial charge in [0.2, 0.25) is 5.91 Å². The van der Waals surface area contributed by atoms with Crippen molar-refractivity contribution in [3.8, 4) is 5.75 Å². The Bertz CT molecular complexity index is 1040. The highest BCUT2D eigenvalue weighted by Crippen LogP contribution is 2.41. The number of Topliss-reactive ketones (excluding diaryl/α,β-unsaturated/α-hetero) is 2. The summed E-state index contributed by atoms with van der Waals surface area (Å²) in [5.74, 6) is 0.112. The molecule has 2 aliphatic heterocycles. The molecule has 0 N–H and O–H groups in total. The number of amides is 1. The zero-order chi connectivity index (χ0) is 22.2. The van der Waals surface area contributed by atoms with E-state index in [9.17, 15) is 18.8 Å². The number of fused-ring (bicyclic) bond motifs is 1. The van der Waals surface area contributed by atoms with Crippen LogP contribution in [-0.4, -0.2) is 41.1 Å². The zero-order valence-corrected chi connectivity index (χ0v) is 17.9. The van der Waals surface area contributed by atoms with Gasteiger partial charge in [0.25, 0.3) is 0 Å². The van der Waals surface area contributed by atoms with E-state index < -0.39 is 11.4 Å². The first-order chi connectivity index (χ1) is 14.8. The van der Waals surface area contributed by atoms with Gasteiger partial charge in [0.15, 0.2) is 11.6 Å². The largest absolute Gasteiger partial charge is 0.486 e. The molecule has 0 aliphatic carbocycles. The summed E-state index contributed by atoms with van der Waals surface area (Å²) in [6.45, 7) is 4.92. The van der Waals surface area contributed by atoms with Gasteiger partial charge in [0.05, 0.1) is 12.0 Å². The highest BCUT2D eigenvalue weighted by atomic mass is 19.1. The smallest absolute Gasteiger partial charge is 0.223 e. The van der Waals surface area contributed by atoms with E-state index in [1.54, 1.807) is 4.90 Å². The molecule has 1 fully saturated rings. The number of benzene rings is 2. The minimum Gasteiger partial charge on any atom is -0.486 e. The van der Waals surface area contributed by atoms with Crippen LogP contribution in [0.1, 0.15) is 63.9 Å². The fourth-order valence-corrected chi connectivity index (χ4v) is 4.54. The molecular weight excluding hydrogens is 397 g/mol. The lowest BCUT2D eigenvalue weighted by Crippen LogP contribution is -2.52. The summed E-state index contributed by atoms with van der Waals surface area (Å²) < 4.78 is 19.4. The first-order valence-electron chi connectivity index (χ1n) is 10.7. The van der Waals surface area contributed by atoms with Crippen LogP contribution in [0.25, 0.3) is 0 Å². The number of ketones is 2. The Labute approximate surface area is 181 Å². The maximum Gasteiger partial charge on any atom is 0.223 e. The van der Waals surface area contributed by atoms with Crippen molar-refractivity contribution < 1.29 is 23.5 Å². The van der Waals surface area contributed by atoms with E-state index >= 15 is 0 Å². The van der Waals surface area contributed by atoms with Crippen LogP contribution >= 0.6 is 0 Å². The second-order valence-corrected chi connectivity index (χ2v) is 8.65. The Morgan fingerprint density at radius 3 is 2.42 bits per heavy atom. The van der Waals surface area contributed by atoms with E-state index in [1.807, 2.05) is 26.0 Å². The van der Waals surface area contributed by atoms with Gasteiger partial charge in [-0.25, -0.2) is 4.39 Å². The molecule has 5 nitrogen and oxygen atoms in total. The minimum absolute atomic E-state index is 0.0837. The van der Waals surface area contributed by atoms with Crippen molar-refractivity contribution in [1.82, 2.24) is 4.90 Å². The van der Waals surface area contributed by atoms with Gasteiger partial charge in [-0.3, -0.25) is 14.4 Å². The number of aryl methyl sites for hydroxylation is 2. The molecule has 1 amide bonds. The summed E-state index contributed by atoms with van der Waals surface area (Å²) in [6, 6.07) is 9.25. The number of carbonyl (C=O) groups is 3. The Hall–Kier alpha value is -3.02. The van der Waals surface area contributed by atoms with E-state index in [2.05, 4.69) is 0 Å². The molecule has 1 saturated heterocycles. The molecule has 6 heteroatoms. The number of piperidine rings is 1. The molecule has 0 unspecified atom stereocenters. The van der Waals surface area contributed by atoms with Gasteiger partial charge in [-0.2, -0.15) is 0 Å². The Morgan fingerprint density at radius 1 is 1.06 bits per heavy atom. The lowest BCUT2D eigenvalue weighted by molar-refractivity contribution is -0.134. The third kappa shape index (κ3) is 4.38. The first-order valence-corrected chi connectivity index (χ1v) is 10.7. The molecule has 2 aromatic carbocycles. The van der Waals surface area contributed by atoms with Crippen molar-refractivity contribution >= 4 is 17.5 Å². The SMILES string of the molecule is Cc1cc(C)c2c(c1)C(=O)CC1(CCN(C(=O)CCC(=O)c3ccc(F)cc3)CC1)O2. The highest BCUT2D eigenvalue weighted by Gasteiger charge is 2.44. The van der Waals surface area contributed by atoms with Gasteiger partial charge >= 0.3 is 0 Å². The highest BCUT2D eigenvalue weighted by molar-refractivity contribution is 6.01. The van der Waals surface area contributed by atoms with Gasteiger partial charge in [-0.05, 0) is 55.3 Å². The number of rotatable bonds is 4. The van der Waals surface area contributed by atoms with E-state index in [4.69, 9.17) is 4.74 Å². The molecule has 0 saturated carbocycles. The number of hydrogen-bond donors (Lipinski definition) is 0. The Balaban J connectivity index is 1.35. The molecule has 0 radical (unpaired) electrons. The van der Waals surface area contributed by atoms with E-state index in [0.29, 0.717) is 49.2 Å². The minimum atomic E-state index is -0.565. The molecular formula is C25H26FNO4. The number of ether oxygens (including phenoxy) is 1. The molecule has 1 spiro atoms. The molecule has 0 atom stereocenters. The van der Waals surface area contributed by atoms with Crippen LogP contribution in [0.3, 0.4) is 0 Å². The van der Waals surface area contributed by atoms with E-state index in [1.165, 1.54) is 24.3 Å². The van der Waals surface area contributed by atoms with Crippen LogP contribution < -0.4 is 4.74 Å². The predicted molar refractivity (Wildman–Crippen MR) is 114 cm³/mol. The van der Waals surface area contributed by atoms with Gasteiger partial charge in [0, 0.05) is 44.3 Å². The third-order valence-corrected chi connectivity index (χ3v) is 6.28. The number of halogens is 1. The molecule has 2 aromatic rings. The summed E-state index contributed by atoms with van der Waals surface area (Å²) in [7, 11) is 0. The van der Waals surface area contributed by atoms with Gasteiger partial charge in [-0.1, -0.05) is 6.07 Å². The number of hydrogen-bond acceptors (Lipinski definition) is 4. The second-order valence-electron chi connectivity index (χ2n) is 8.65. The Morgan fingerprint density at radius 2 is 1.74 bits per heavy atom. The van der Waals surface area contributed by atoms with Crippen LogP contribution in [-0.2, 0) is 4.79 Å². The van der Waals surface area contributed by atoms with Crippen molar-refractivity contribution in [2.24, 2.45) is 0 Å². The van der Waals surface area contributed by atoms with Crippen molar-refractivity contribution in [2.45, 2.75) is 51.6 Å². The zero-order valence-electron chi connectivity index (χ0n) is 17.9. The number of carbonyl (C=O) groups excluding carboxylic acids is 3. The summed E-state index contributed by atoms with van der Waals surface area (Å²) >= 11 is 0. The monoisotopic (exact) mass is 423 g/mol. The van der Waals surface area contributed by atoms with Crippen LogP contribution in [0.15, 0.2) is 36.4 Å². The summed E-state index contributed by atoms with van der Waals surface area (Å²) in [5.41, 5.74) is 2.50. The number of likely N-dealkylation sites (tertiary alicyclic amines) is 1. The van der Waals surface area contributed by atoms with Crippen LogP contribution in [0.2, 0.25) is 0 Å². The molecule has 2 heterocycles. The summed E-state index contributed by atoms with van der Waals surface area (Å²) in [5, 5.41) is 0. The van der Waals surface area contributed by atoms with Gasteiger partial charge in [-0.15, -0.1) is 0 Å². The molecule has 2 aliphatic rings. The maximum absolute atomic E-state index is 13.0. The average molecular weight is 423 g/mol. The van der Waals surface area contributed by atoms with Crippen molar-refractivity contribution in [2.75, 3.05) is 13.1 Å². The third-order valence-electron chi connectivity index (χ3n) is 6.28. The first kappa shape index (κ1) is 21.2. The van der Waals surface area contributed by atoms with Crippen molar-refractivity contribution in [1.29, 1.82) is 0 Å². The molecule has 31 heavy (non-hydrogen) atoms. The maximum atomic E-state index is 13.0. The fourth-order valence-electron chi connectivity index (χ4n) is 4.54. The lowest BCUT2D eigenvalue weighted by atomic mass is 9.81. The van der Waals surface area contributed by atoms with Gasteiger partial charge in [0.1, 0.15) is 17.2 Å². The average Bonchev–Trinajstić information content (AvgIpc) is 2.74. The predicted octanol–water partition coefficient (Wildman–Crippen LogP) is 4.43. The molecule has 162 valence electrons. The van der Waals surface area contributed by atoms with Crippen LogP contribution in [0.4, 0.5) is 4.39 Å². The lowest BCUT2D eigenvalue weighted by Gasteiger charge is -2.44. The normalized spacial score (nSPS) is 17.3. The van der Waals surface area contributed by atoms with E-state index in [0.717, 1.165) is 11.1 Å². The summed E-state index contributed by atoms with van der Waals surface area (Å²) in [6.07, 6.45) is 1.71. The molecule has 4 rings (SSSR count). The van der Waals surface area contributed by atoms with Crippen molar-refractivity contribution in [3.05, 3.63) is 64.5 Å². The van der Waals surface area contributed by atoms with Crippen LogP contribution in [0, 0.1) is 19.7 Å². The van der Waals surface area contributed by atoms with E-state index in [-0.39, 0.29) is 30.3 Å². The topological polar surface area (TPSA) is 63.7 Å². The number of nitrogens with zero attached hydrogens (tertiary/aromatic N) is 1. The van der Waals surface area contributed by atoms with Crippen LogP contribution in [0.5, 0.6) is 5.75 Å². The molecule has 0 bridgehead atoms.